The Morgan fingerprint density at radius 3 is 2.50 bits per heavy atom. The maximum atomic E-state index is 15.3. The monoisotopic (exact) mass is 514 g/mol. The van der Waals surface area contributed by atoms with Gasteiger partial charge in [-0.3, -0.25) is 9.69 Å². The average molecular weight is 515 g/mol. The third kappa shape index (κ3) is 4.63. The number of aromatic amines is 1. The number of nitrogen functional groups attached to an aromatic ring is 1. The summed E-state index contributed by atoms with van der Waals surface area (Å²) in [5.74, 6) is -0.693. The number of benzene rings is 2. The Bertz CT molecular complexity index is 1560. The van der Waals surface area contributed by atoms with Gasteiger partial charge in [-0.25, -0.2) is 4.98 Å². The second-order valence-corrected chi connectivity index (χ2v) is 10.1. The van der Waals surface area contributed by atoms with Crippen molar-refractivity contribution in [3.05, 3.63) is 70.0 Å². The lowest BCUT2D eigenvalue weighted by atomic mass is 10.0. The quantitative estimate of drug-likeness (QED) is 0.413. The fourth-order valence-electron chi connectivity index (χ4n) is 5.52. The highest BCUT2D eigenvalue weighted by Crippen LogP contribution is 2.33. The highest BCUT2D eigenvalue weighted by Gasteiger charge is 2.22. The molecule has 0 bridgehead atoms. The van der Waals surface area contributed by atoms with Crippen molar-refractivity contribution in [2.24, 2.45) is 0 Å². The van der Waals surface area contributed by atoms with Crippen LogP contribution in [0, 0.1) is 12.9 Å². The first-order valence-corrected chi connectivity index (χ1v) is 13.1. The number of aryl methyl sites for hydroxylation is 1. The molecule has 2 aromatic heterocycles. The fraction of sp³-hybridized carbons (Fsp3) is 0.345. The highest BCUT2D eigenvalue weighted by molar-refractivity contribution is 5.90. The van der Waals surface area contributed by atoms with E-state index in [1.54, 1.807) is 18.3 Å². The van der Waals surface area contributed by atoms with Crippen molar-refractivity contribution in [2.45, 2.75) is 26.3 Å². The Morgan fingerprint density at radius 1 is 0.974 bits per heavy atom. The van der Waals surface area contributed by atoms with Crippen LogP contribution in [0.5, 0.6) is 0 Å². The molecular weight excluding hydrogens is 483 g/mol. The number of rotatable bonds is 5. The van der Waals surface area contributed by atoms with E-state index in [4.69, 9.17) is 15.5 Å². The SMILES string of the molecule is Cc1c[nH]c(=O)c2ccc(-c3nc(-c4ccc(N5CCOCC5)c(CN5CCCC5)c4)c(F)nc3N)cc12. The number of anilines is 2. The standard InChI is InChI=1S/C29H31FN6O2/c1-18-16-32-29(37)22-6-4-20(15-23(18)22)26-28(31)34-27(30)25(33-26)19-5-7-24(36-10-12-38-13-11-36)21(14-19)17-35-8-2-3-9-35/h4-7,14-16H,2-3,8-13,17H2,1H3,(H2,31,34)(H,32,37). The molecular formula is C29H31FN6O2. The summed E-state index contributed by atoms with van der Waals surface area (Å²) in [6.07, 6.45) is 4.08. The van der Waals surface area contributed by atoms with Crippen LogP contribution in [0.4, 0.5) is 15.9 Å². The molecule has 9 heteroatoms. The van der Waals surface area contributed by atoms with Gasteiger partial charge >= 0.3 is 0 Å². The summed E-state index contributed by atoms with van der Waals surface area (Å²) in [4.78, 5) is 28.5. The minimum Gasteiger partial charge on any atom is -0.382 e. The number of ether oxygens (including phenoxy) is 1. The van der Waals surface area contributed by atoms with E-state index in [1.165, 1.54) is 12.8 Å². The van der Waals surface area contributed by atoms with Gasteiger partial charge in [0, 0.05) is 48.0 Å². The number of nitrogens with zero attached hydrogens (tertiary/aromatic N) is 4. The molecule has 2 fully saturated rings. The normalized spacial score (nSPS) is 16.4. The Balaban J connectivity index is 1.43. The zero-order chi connectivity index (χ0) is 26.2. The van der Waals surface area contributed by atoms with Crippen LogP contribution < -0.4 is 16.2 Å². The molecule has 3 N–H and O–H groups in total. The van der Waals surface area contributed by atoms with Gasteiger partial charge in [0.2, 0.25) is 5.95 Å². The van der Waals surface area contributed by atoms with Crippen molar-refractivity contribution in [1.29, 1.82) is 0 Å². The molecule has 0 radical (unpaired) electrons. The average Bonchev–Trinajstić information content (AvgIpc) is 3.44. The number of nitrogens with two attached hydrogens (primary N) is 1. The third-order valence-electron chi connectivity index (χ3n) is 7.56. The van der Waals surface area contributed by atoms with Gasteiger partial charge in [0.05, 0.1) is 13.2 Å². The minimum atomic E-state index is -0.703. The van der Waals surface area contributed by atoms with E-state index in [2.05, 4.69) is 25.8 Å². The first-order chi connectivity index (χ1) is 18.5. The van der Waals surface area contributed by atoms with Crippen molar-refractivity contribution in [1.82, 2.24) is 19.9 Å². The number of pyridine rings is 1. The van der Waals surface area contributed by atoms with Crippen LogP contribution in [0.25, 0.3) is 33.3 Å². The Hall–Kier alpha value is -3.82. The highest BCUT2D eigenvalue weighted by atomic mass is 19.1. The third-order valence-corrected chi connectivity index (χ3v) is 7.56. The van der Waals surface area contributed by atoms with Gasteiger partial charge in [-0.1, -0.05) is 12.1 Å². The van der Waals surface area contributed by atoms with Crippen molar-refractivity contribution in [3.8, 4) is 22.5 Å². The molecule has 8 nitrogen and oxygen atoms in total. The molecule has 0 unspecified atom stereocenters. The van der Waals surface area contributed by atoms with Crippen molar-refractivity contribution >= 4 is 22.3 Å². The first-order valence-electron chi connectivity index (χ1n) is 13.1. The summed E-state index contributed by atoms with van der Waals surface area (Å²) in [6, 6.07) is 11.4. The molecule has 2 aromatic carbocycles. The van der Waals surface area contributed by atoms with E-state index in [1.807, 2.05) is 25.1 Å². The molecule has 2 aliphatic rings. The molecule has 0 spiro atoms. The van der Waals surface area contributed by atoms with Crippen molar-refractivity contribution in [2.75, 3.05) is 50.0 Å². The van der Waals surface area contributed by atoms with E-state index in [0.29, 0.717) is 35.4 Å². The number of hydrogen-bond acceptors (Lipinski definition) is 7. The molecule has 0 aliphatic carbocycles. The lowest BCUT2D eigenvalue weighted by Crippen LogP contribution is -2.37. The minimum absolute atomic E-state index is 0.00956. The molecule has 0 atom stereocenters. The Morgan fingerprint density at radius 2 is 1.71 bits per heavy atom. The second-order valence-electron chi connectivity index (χ2n) is 10.1. The molecule has 196 valence electrons. The van der Waals surface area contributed by atoms with E-state index in [-0.39, 0.29) is 17.1 Å². The molecule has 2 saturated heterocycles. The maximum Gasteiger partial charge on any atom is 0.255 e. The van der Waals surface area contributed by atoms with Gasteiger partial charge in [-0.05, 0) is 73.6 Å². The molecule has 0 amide bonds. The molecule has 0 saturated carbocycles. The maximum absolute atomic E-state index is 15.3. The number of morpholine rings is 1. The molecule has 6 rings (SSSR count). The number of fused-ring (bicyclic) bond motifs is 1. The second kappa shape index (κ2) is 10.2. The van der Waals surface area contributed by atoms with Gasteiger partial charge in [-0.15, -0.1) is 0 Å². The predicted octanol–water partition coefficient (Wildman–Crippen LogP) is 4.11. The lowest BCUT2D eigenvalue weighted by Gasteiger charge is -2.31. The smallest absolute Gasteiger partial charge is 0.255 e. The van der Waals surface area contributed by atoms with Crippen LogP contribution in [0.1, 0.15) is 24.0 Å². The molecule has 38 heavy (non-hydrogen) atoms. The molecule has 4 heterocycles. The molecule has 4 aromatic rings. The zero-order valence-corrected chi connectivity index (χ0v) is 21.5. The Kier molecular flexibility index (Phi) is 6.55. The van der Waals surface area contributed by atoms with Crippen LogP contribution >= 0.6 is 0 Å². The molecule has 2 aliphatic heterocycles. The van der Waals surface area contributed by atoms with E-state index >= 15 is 4.39 Å². The van der Waals surface area contributed by atoms with Gasteiger partial charge in [0.15, 0.2) is 5.82 Å². The van der Waals surface area contributed by atoms with Gasteiger partial charge < -0.3 is 20.4 Å². The summed E-state index contributed by atoms with van der Waals surface area (Å²) >= 11 is 0. The van der Waals surface area contributed by atoms with Crippen LogP contribution in [-0.4, -0.2) is 59.2 Å². The van der Waals surface area contributed by atoms with Crippen molar-refractivity contribution in [3.63, 3.8) is 0 Å². The fourth-order valence-corrected chi connectivity index (χ4v) is 5.52. The summed E-state index contributed by atoms with van der Waals surface area (Å²) in [6.45, 7) is 7.91. The van der Waals surface area contributed by atoms with E-state index in [0.717, 1.165) is 54.9 Å². The number of H-pyrrole nitrogens is 1. The van der Waals surface area contributed by atoms with Gasteiger partial charge in [0.1, 0.15) is 11.4 Å². The Labute approximate surface area is 220 Å². The number of halogens is 1. The van der Waals surface area contributed by atoms with Crippen LogP contribution in [0.3, 0.4) is 0 Å². The predicted molar refractivity (Wildman–Crippen MR) is 148 cm³/mol. The first kappa shape index (κ1) is 24.5. The van der Waals surface area contributed by atoms with E-state index < -0.39 is 5.95 Å². The summed E-state index contributed by atoms with van der Waals surface area (Å²) in [5, 5.41) is 1.37. The van der Waals surface area contributed by atoms with Gasteiger partial charge in [0.25, 0.3) is 5.56 Å². The number of aromatic nitrogens is 3. The number of nitrogens with one attached hydrogen (secondary N) is 1. The van der Waals surface area contributed by atoms with Crippen LogP contribution in [-0.2, 0) is 11.3 Å². The summed E-state index contributed by atoms with van der Waals surface area (Å²) in [5.41, 5.74) is 11.1. The largest absolute Gasteiger partial charge is 0.382 e. The number of hydrogen-bond donors (Lipinski definition) is 2. The van der Waals surface area contributed by atoms with Crippen LogP contribution in [0.2, 0.25) is 0 Å². The summed E-state index contributed by atoms with van der Waals surface area (Å²) < 4.78 is 20.8. The zero-order valence-electron chi connectivity index (χ0n) is 21.5. The lowest BCUT2D eigenvalue weighted by molar-refractivity contribution is 0.122. The van der Waals surface area contributed by atoms with Crippen molar-refractivity contribution < 1.29 is 9.13 Å². The topological polar surface area (TPSA) is 100 Å². The summed E-state index contributed by atoms with van der Waals surface area (Å²) in [7, 11) is 0. The van der Waals surface area contributed by atoms with Crippen LogP contribution in [0.15, 0.2) is 47.4 Å². The van der Waals surface area contributed by atoms with Gasteiger partial charge in [-0.2, -0.15) is 9.37 Å². The van der Waals surface area contributed by atoms with E-state index in [9.17, 15) is 4.79 Å². The number of likely N-dealkylation sites (tertiary alicyclic amines) is 1.